The van der Waals surface area contributed by atoms with Crippen molar-refractivity contribution in [3.05, 3.63) is 12.7 Å². The molecule has 3 nitrogen and oxygen atoms in total. The molecule has 0 aliphatic rings. The predicted octanol–water partition coefficient (Wildman–Crippen LogP) is 1.11. The summed E-state index contributed by atoms with van der Waals surface area (Å²) in [5.74, 6) is 0. The van der Waals surface area contributed by atoms with Gasteiger partial charge in [-0.3, -0.25) is 4.67 Å². The third-order valence-corrected chi connectivity index (χ3v) is 1.36. The van der Waals surface area contributed by atoms with E-state index in [1.165, 1.54) is 0 Å². The first-order valence-electron chi connectivity index (χ1n) is 2.98. The van der Waals surface area contributed by atoms with Crippen LogP contribution in [0.25, 0.3) is 0 Å². The molecular weight excluding hydrogens is 147 g/mol. The summed E-state index contributed by atoms with van der Waals surface area (Å²) in [7, 11) is 2.52. The van der Waals surface area contributed by atoms with Gasteiger partial charge in [0.05, 0.1) is 5.71 Å². The van der Waals surface area contributed by atoms with Crippen molar-refractivity contribution in [1.82, 2.24) is 4.67 Å². The Kier molecular flexibility index (Phi) is 5.17. The van der Waals surface area contributed by atoms with Crippen LogP contribution in [0.5, 0.6) is 0 Å². The van der Waals surface area contributed by atoms with Crippen molar-refractivity contribution in [2.45, 2.75) is 6.92 Å². The fourth-order valence-electron chi connectivity index (χ4n) is 0.556. The lowest BCUT2D eigenvalue weighted by atomic mass is 10.4. The smallest absolute Gasteiger partial charge is 0.0683 e. The van der Waals surface area contributed by atoms with E-state index in [1.807, 2.05) is 4.67 Å². The van der Waals surface area contributed by atoms with Crippen molar-refractivity contribution in [1.29, 1.82) is 0 Å². The Balaban J connectivity index is 3.56. The van der Waals surface area contributed by atoms with E-state index in [-0.39, 0.29) is 0 Å². The van der Waals surface area contributed by atoms with Gasteiger partial charge in [0, 0.05) is 13.1 Å². The molecule has 1 unspecified atom stereocenters. The monoisotopic (exact) mass is 160 g/mol. The topological polar surface area (TPSA) is 35.8 Å². The second-order valence-corrected chi connectivity index (χ2v) is 2.78. The normalized spacial score (nSPS) is 12.1. The molecule has 1 atom stereocenters. The van der Waals surface area contributed by atoms with E-state index >= 15 is 0 Å². The van der Waals surface area contributed by atoms with Crippen molar-refractivity contribution in [3.8, 4) is 0 Å². The van der Waals surface area contributed by atoms with E-state index in [2.05, 4.69) is 21.1 Å². The highest BCUT2D eigenvalue weighted by Crippen LogP contribution is 1.97. The maximum atomic E-state index is 8.28. The molecule has 0 aromatic heterocycles. The number of hydrogen-bond acceptors (Lipinski definition) is 3. The summed E-state index contributed by atoms with van der Waals surface area (Å²) in [6.45, 7) is 6.76. The van der Waals surface area contributed by atoms with E-state index < -0.39 is 0 Å². The minimum absolute atomic E-state index is 0.646. The number of hydrogen-bond donors (Lipinski definition) is 1. The third-order valence-electron chi connectivity index (χ3n) is 0.966. The van der Waals surface area contributed by atoms with E-state index in [9.17, 15) is 0 Å². The Hall–Kier alpha value is -0.400. The second-order valence-electron chi connectivity index (χ2n) is 2.05. The highest BCUT2D eigenvalue weighted by Gasteiger charge is 1.96. The molecule has 0 fully saturated rings. The van der Waals surface area contributed by atoms with Gasteiger partial charge >= 0.3 is 0 Å². The van der Waals surface area contributed by atoms with Crippen LogP contribution in [0, 0.1) is 0 Å². The molecule has 0 rings (SSSR count). The van der Waals surface area contributed by atoms with E-state index in [4.69, 9.17) is 5.21 Å². The molecule has 0 aromatic rings. The molecule has 0 saturated heterocycles. The summed E-state index contributed by atoms with van der Waals surface area (Å²) in [6, 6.07) is 0. The SMILES string of the molecule is C=CCN(P)C/C(C)=N/O. The van der Waals surface area contributed by atoms with Crippen LogP contribution in [-0.4, -0.2) is 28.7 Å². The lowest BCUT2D eigenvalue weighted by Gasteiger charge is -2.11. The van der Waals surface area contributed by atoms with Crippen LogP contribution in [0.1, 0.15) is 6.92 Å². The summed E-state index contributed by atoms with van der Waals surface area (Å²) >= 11 is 0. The molecule has 4 heteroatoms. The lowest BCUT2D eigenvalue weighted by molar-refractivity contribution is 0.316. The standard InChI is InChI=1S/C6H13N2OP/c1-3-4-8(10)5-6(2)7-9/h3,9H,1,4-5,10H2,2H3/b7-6+. The minimum Gasteiger partial charge on any atom is -0.411 e. The molecule has 1 N–H and O–H groups in total. The third kappa shape index (κ3) is 4.48. The summed E-state index contributed by atoms with van der Waals surface area (Å²) < 4.78 is 1.92. The molecule has 0 amide bonds. The van der Waals surface area contributed by atoms with Crippen molar-refractivity contribution < 1.29 is 5.21 Å². The van der Waals surface area contributed by atoms with Crippen LogP contribution < -0.4 is 0 Å². The molecule has 0 bridgehead atoms. The summed E-state index contributed by atoms with van der Waals surface area (Å²) in [5, 5.41) is 11.3. The van der Waals surface area contributed by atoms with Gasteiger partial charge in [-0.15, -0.1) is 6.58 Å². The fraction of sp³-hybridized carbons (Fsp3) is 0.500. The fourth-order valence-corrected chi connectivity index (χ4v) is 0.969. The first kappa shape index (κ1) is 9.60. The molecule has 0 aromatic carbocycles. The molecule has 58 valence electrons. The van der Waals surface area contributed by atoms with Gasteiger partial charge in [0.1, 0.15) is 0 Å². The van der Waals surface area contributed by atoms with Gasteiger partial charge in [-0.2, -0.15) is 0 Å². The van der Waals surface area contributed by atoms with E-state index in [0.717, 1.165) is 6.54 Å². The van der Waals surface area contributed by atoms with Gasteiger partial charge < -0.3 is 5.21 Å². The summed E-state index contributed by atoms with van der Waals surface area (Å²) in [4.78, 5) is 0. The summed E-state index contributed by atoms with van der Waals surface area (Å²) in [6.07, 6.45) is 1.79. The van der Waals surface area contributed by atoms with Gasteiger partial charge in [0.25, 0.3) is 0 Å². The van der Waals surface area contributed by atoms with E-state index in [0.29, 0.717) is 12.3 Å². The van der Waals surface area contributed by atoms with Gasteiger partial charge in [-0.1, -0.05) is 20.6 Å². The van der Waals surface area contributed by atoms with Crippen LogP contribution in [0.3, 0.4) is 0 Å². The van der Waals surface area contributed by atoms with Gasteiger partial charge in [-0.25, -0.2) is 0 Å². The first-order valence-corrected chi connectivity index (χ1v) is 3.50. The maximum absolute atomic E-state index is 8.28. The van der Waals surface area contributed by atoms with Crippen LogP contribution in [-0.2, 0) is 0 Å². The molecule has 0 saturated carbocycles. The van der Waals surface area contributed by atoms with E-state index in [1.54, 1.807) is 13.0 Å². The minimum atomic E-state index is 0.646. The molecule has 10 heavy (non-hydrogen) atoms. The van der Waals surface area contributed by atoms with Crippen LogP contribution in [0.15, 0.2) is 17.8 Å². The Morgan fingerprint density at radius 3 is 2.90 bits per heavy atom. The van der Waals surface area contributed by atoms with Gasteiger partial charge in [0.15, 0.2) is 0 Å². The van der Waals surface area contributed by atoms with Crippen LogP contribution in [0.2, 0.25) is 0 Å². The lowest BCUT2D eigenvalue weighted by Crippen LogP contribution is -2.18. The van der Waals surface area contributed by atoms with Crippen molar-refractivity contribution in [3.63, 3.8) is 0 Å². The first-order chi connectivity index (χ1) is 4.70. The zero-order valence-corrected chi connectivity index (χ0v) is 7.27. The summed E-state index contributed by atoms with van der Waals surface area (Å²) in [5.41, 5.74) is 0.692. The Bertz CT molecular complexity index is 136. The molecule has 0 aliphatic heterocycles. The quantitative estimate of drug-likeness (QED) is 0.220. The Morgan fingerprint density at radius 2 is 2.50 bits per heavy atom. The zero-order valence-electron chi connectivity index (χ0n) is 6.12. The highest BCUT2D eigenvalue weighted by atomic mass is 31.0. The average molecular weight is 160 g/mol. The van der Waals surface area contributed by atoms with Crippen molar-refractivity contribution >= 4 is 15.1 Å². The number of nitrogens with zero attached hydrogens (tertiary/aromatic N) is 2. The second kappa shape index (κ2) is 5.39. The molecule has 0 radical (unpaired) electrons. The molecule has 0 heterocycles. The number of oxime groups is 1. The largest absolute Gasteiger partial charge is 0.411 e. The molecule has 0 aliphatic carbocycles. The molecular formula is C6H13N2OP. The van der Waals surface area contributed by atoms with Gasteiger partial charge in [-0.05, 0) is 6.92 Å². The van der Waals surface area contributed by atoms with Crippen LogP contribution >= 0.6 is 9.39 Å². The average Bonchev–Trinajstić information content (AvgIpc) is 1.88. The maximum Gasteiger partial charge on any atom is 0.0683 e. The number of rotatable bonds is 4. The Labute approximate surface area is 63.7 Å². The molecule has 0 spiro atoms. The Morgan fingerprint density at radius 1 is 1.90 bits per heavy atom. The predicted molar refractivity (Wildman–Crippen MR) is 46.4 cm³/mol. The van der Waals surface area contributed by atoms with Gasteiger partial charge in [0.2, 0.25) is 0 Å². The highest BCUT2D eigenvalue weighted by molar-refractivity contribution is 7.13. The van der Waals surface area contributed by atoms with Crippen molar-refractivity contribution in [2.75, 3.05) is 13.1 Å². The van der Waals surface area contributed by atoms with Crippen molar-refractivity contribution in [2.24, 2.45) is 5.16 Å². The zero-order chi connectivity index (χ0) is 7.98. The van der Waals surface area contributed by atoms with Crippen LogP contribution in [0.4, 0.5) is 0 Å².